The number of hydrogen-bond donors (Lipinski definition) is 1. The van der Waals surface area contributed by atoms with Gasteiger partial charge >= 0.3 is 5.97 Å². The largest absolute Gasteiger partial charge is 0.481 e. The van der Waals surface area contributed by atoms with Gasteiger partial charge in [0, 0.05) is 13.1 Å². The fourth-order valence-electron chi connectivity index (χ4n) is 4.62. The standard InChI is InChI=1S/C25H29NO2/c27-25(28)24-12-6-14-26(18-24)13-5-7-19-15-20-8-1-3-10-22(20)17-23-11-4-2-9-21(23)16-19/h1-4,7-11,24H,5-6,12-18H2,(H,27,28). The van der Waals surface area contributed by atoms with Crippen LogP contribution in [0.3, 0.4) is 0 Å². The van der Waals surface area contributed by atoms with Crippen molar-refractivity contribution in [1.29, 1.82) is 0 Å². The summed E-state index contributed by atoms with van der Waals surface area (Å²) < 4.78 is 0. The van der Waals surface area contributed by atoms with Gasteiger partial charge < -0.3 is 10.0 Å². The molecule has 1 atom stereocenters. The zero-order valence-corrected chi connectivity index (χ0v) is 16.4. The van der Waals surface area contributed by atoms with E-state index < -0.39 is 5.97 Å². The molecule has 0 amide bonds. The molecule has 2 aromatic carbocycles. The molecule has 28 heavy (non-hydrogen) atoms. The molecule has 0 spiro atoms. The first kappa shape index (κ1) is 18.9. The normalized spacial score (nSPS) is 19.9. The van der Waals surface area contributed by atoms with Crippen molar-refractivity contribution in [3.8, 4) is 0 Å². The molecule has 146 valence electrons. The van der Waals surface area contributed by atoms with Crippen LogP contribution < -0.4 is 0 Å². The highest BCUT2D eigenvalue weighted by Crippen LogP contribution is 2.26. The van der Waals surface area contributed by atoms with Crippen LogP contribution >= 0.6 is 0 Å². The van der Waals surface area contributed by atoms with Gasteiger partial charge in [-0.15, -0.1) is 0 Å². The maximum Gasteiger partial charge on any atom is 0.307 e. The van der Waals surface area contributed by atoms with E-state index in [1.165, 1.54) is 27.8 Å². The third kappa shape index (κ3) is 4.53. The summed E-state index contributed by atoms with van der Waals surface area (Å²) in [7, 11) is 0. The number of piperidine rings is 1. The van der Waals surface area contributed by atoms with E-state index in [4.69, 9.17) is 0 Å². The lowest BCUT2D eigenvalue weighted by molar-refractivity contribution is -0.143. The molecule has 0 saturated carbocycles. The first-order chi connectivity index (χ1) is 13.7. The number of hydrogen-bond acceptors (Lipinski definition) is 2. The summed E-state index contributed by atoms with van der Waals surface area (Å²) in [6.07, 6.45) is 8.26. The monoisotopic (exact) mass is 375 g/mol. The minimum absolute atomic E-state index is 0.193. The summed E-state index contributed by atoms with van der Waals surface area (Å²) in [5, 5.41) is 9.29. The molecule has 0 radical (unpaired) electrons. The molecule has 1 unspecified atom stereocenters. The van der Waals surface area contributed by atoms with E-state index in [0.29, 0.717) is 6.54 Å². The smallest absolute Gasteiger partial charge is 0.307 e. The van der Waals surface area contributed by atoms with Crippen molar-refractivity contribution >= 4 is 5.97 Å². The van der Waals surface area contributed by atoms with E-state index in [1.54, 1.807) is 0 Å². The third-order valence-electron chi connectivity index (χ3n) is 6.19. The molecule has 1 aliphatic carbocycles. The van der Waals surface area contributed by atoms with Crippen molar-refractivity contribution in [2.75, 3.05) is 19.6 Å². The number of aliphatic carboxylic acids is 1. The Labute approximate surface area is 167 Å². The van der Waals surface area contributed by atoms with Crippen molar-refractivity contribution in [3.63, 3.8) is 0 Å². The first-order valence-electron chi connectivity index (χ1n) is 10.5. The lowest BCUT2D eigenvalue weighted by Gasteiger charge is -2.30. The summed E-state index contributed by atoms with van der Waals surface area (Å²) in [5.74, 6) is -0.835. The van der Waals surface area contributed by atoms with Crippen LogP contribution in [0, 0.1) is 5.92 Å². The Morgan fingerprint density at radius 2 is 1.54 bits per heavy atom. The lowest BCUT2D eigenvalue weighted by atomic mass is 9.86. The Hall–Kier alpha value is -2.39. The van der Waals surface area contributed by atoms with Gasteiger partial charge in [-0.1, -0.05) is 60.2 Å². The zero-order chi connectivity index (χ0) is 19.3. The van der Waals surface area contributed by atoms with Crippen molar-refractivity contribution in [3.05, 3.63) is 82.4 Å². The fourth-order valence-corrected chi connectivity index (χ4v) is 4.62. The topological polar surface area (TPSA) is 40.5 Å². The maximum absolute atomic E-state index is 11.3. The highest BCUT2D eigenvalue weighted by Gasteiger charge is 2.24. The number of benzene rings is 2. The van der Waals surface area contributed by atoms with E-state index in [2.05, 4.69) is 59.5 Å². The predicted octanol–water partition coefficient (Wildman–Crippen LogP) is 4.49. The Morgan fingerprint density at radius 3 is 2.11 bits per heavy atom. The third-order valence-corrected chi connectivity index (χ3v) is 6.19. The molecule has 1 heterocycles. The fraction of sp³-hybridized carbons (Fsp3) is 0.400. The Bertz CT molecular complexity index is 821. The van der Waals surface area contributed by atoms with Crippen molar-refractivity contribution in [2.24, 2.45) is 5.92 Å². The molecule has 1 saturated heterocycles. The maximum atomic E-state index is 11.3. The quantitative estimate of drug-likeness (QED) is 0.801. The molecule has 1 N–H and O–H groups in total. The average molecular weight is 376 g/mol. The molecule has 3 nitrogen and oxygen atoms in total. The lowest BCUT2D eigenvalue weighted by Crippen LogP contribution is -2.39. The SMILES string of the molecule is O=C(O)C1CCCN(CCC=C2Cc3ccccc3Cc3ccccc3C2)C1. The van der Waals surface area contributed by atoms with E-state index in [-0.39, 0.29) is 5.92 Å². The van der Waals surface area contributed by atoms with Crippen LogP contribution in [0.25, 0.3) is 0 Å². The zero-order valence-electron chi connectivity index (χ0n) is 16.4. The average Bonchev–Trinajstić information content (AvgIpc) is 2.69. The van der Waals surface area contributed by atoms with E-state index in [9.17, 15) is 9.90 Å². The van der Waals surface area contributed by atoms with Crippen LogP contribution in [0.5, 0.6) is 0 Å². The van der Waals surface area contributed by atoms with Crippen molar-refractivity contribution in [1.82, 2.24) is 4.90 Å². The highest BCUT2D eigenvalue weighted by molar-refractivity contribution is 5.70. The summed E-state index contributed by atoms with van der Waals surface area (Å²) in [4.78, 5) is 13.6. The van der Waals surface area contributed by atoms with E-state index in [1.807, 2.05) is 0 Å². The Kier molecular flexibility index (Phi) is 5.92. The second kappa shape index (κ2) is 8.74. The molecule has 0 bridgehead atoms. The minimum atomic E-state index is -0.642. The highest BCUT2D eigenvalue weighted by atomic mass is 16.4. The van der Waals surface area contributed by atoms with Gasteiger partial charge in [0.05, 0.1) is 5.92 Å². The molecule has 0 aromatic heterocycles. The van der Waals surface area contributed by atoms with Gasteiger partial charge in [-0.05, 0) is 67.3 Å². The minimum Gasteiger partial charge on any atom is -0.481 e. The molecule has 1 aliphatic heterocycles. The van der Waals surface area contributed by atoms with E-state index in [0.717, 1.165) is 51.6 Å². The van der Waals surface area contributed by atoms with Gasteiger partial charge in [-0.3, -0.25) is 4.79 Å². The molecule has 3 heteroatoms. The van der Waals surface area contributed by atoms with Crippen LogP contribution in [0.15, 0.2) is 60.2 Å². The van der Waals surface area contributed by atoms with Crippen LogP contribution in [-0.4, -0.2) is 35.6 Å². The Balaban J connectivity index is 1.48. The van der Waals surface area contributed by atoms with Gasteiger partial charge in [0.2, 0.25) is 0 Å². The Morgan fingerprint density at radius 1 is 0.964 bits per heavy atom. The first-order valence-corrected chi connectivity index (χ1v) is 10.5. The second-order valence-corrected chi connectivity index (χ2v) is 8.20. The number of nitrogens with zero attached hydrogens (tertiary/aromatic N) is 1. The predicted molar refractivity (Wildman–Crippen MR) is 113 cm³/mol. The summed E-state index contributed by atoms with van der Waals surface area (Å²) >= 11 is 0. The van der Waals surface area contributed by atoms with Gasteiger partial charge in [0.1, 0.15) is 0 Å². The molecule has 4 rings (SSSR count). The van der Waals surface area contributed by atoms with E-state index >= 15 is 0 Å². The number of rotatable bonds is 4. The van der Waals surface area contributed by atoms with Crippen LogP contribution in [0.2, 0.25) is 0 Å². The van der Waals surface area contributed by atoms with Gasteiger partial charge in [0.25, 0.3) is 0 Å². The molecular formula is C25H29NO2. The van der Waals surface area contributed by atoms with Crippen molar-refractivity contribution < 1.29 is 9.90 Å². The summed E-state index contributed by atoms with van der Waals surface area (Å²) in [6, 6.07) is 17.6. The summed E-state index contributed by atoms with van der Waals surface area (Å²) in [6.45, 7) is 2.68. The summed E-state index contributed by atoms with van der Waals surface area (Å²) in [5.41, 5.74) is 7.22. The number of carboxylic acids is 1. The molecular weight excluding hydrogens is 346 g/mol. The van der Waals surface area contributed by atoms with Gasteiger partial charge in [-0.2, -0.15) is 0 Å². The molecule has 2 aromatic rings. The number of fused-ring (bicyclic) bond motifs is 2. The number of likely N-dealkylation sites (tertiary alicyclic amines) is 1. The second-order valence-electron chi connectivity index (χ2n) is 8.20. The van der Waals surface area contributed by atoms with Crippen molar-refractivity contribution in [2.45, 2.75) is 38.5 Å². The van der Waals surface area contributed by atoms with Gasteiger partial charge in [-0.25, -0.2) is 0 Å². The number of carboxylic acid groups (broad SMARTS) is 1. The molecule has 2 aliphatic rings. The molecule has 1 fully saturated rings. The van der Waals surface area contributed by atoms with Crippen LogP contribution in [0.4, 0.5) is 0 Å². The van der Waals surface area contributed by atoms with Crippen LogP contribution in [0.1, 0.15) is 41.5 Å². The number of carbonyl (C=O) groups is 1. The van der Waals surface area contributed by atoms with Gasteiger partial charge in [0.15, 0.2) is 0 Å². The van der Waals surface area contributed by atoms with Crippen LogP contribution in [-0.2, 0) is 24.1 Å². The number of allylic oxidation sites excluding steroid dienone is 1.